The lowest BCUT2D eigenvalue weighted by atomic mass is 10.0. The summed E-state index contributed by atoms with van der Waals surface area (Å²) in [6, 6.07) is 9.64. The van der Waals surface area contributed by atoms with Crippen LogP contribution in [0.3, 0.4) is 0 Å². The maximum absolute atomic E-state index is 9.17. The minimum Gasteiger partial charge on any atom is -0.381 e. The SMILES string of the molecule is N#Cc1ccc(Cl)cc1NC1CCN(c2ncccn2)CC1. The number of halogens is 1. The van der Waals surface area contributed by atoms with Crippen LogP contribution in [0.15, 0.2) is 36.7 Å². The second kappa shape index (κ2) is 6.63. The molecule has 22 heavy (non-hydrogen) atoms. The fraction of sp³-hybridized carbons (Fsp3) is 0.312. The molecule has 0 bridgehead atoms. The van der Waals surface area contributed by atoms with E-state index in [4.69, 9.17) is 11.6 Å². The lowest BCUT2D eigenvalue weighted by molar-refractivity contribution is 0.520. The van der Waals surface area contributed by atoms with Crippen LogP contribution in [0, 0.1) is 11.3 Å². The normalized spacial score (nSPS) is 15.4. The second-order valence-corrected chi connectivity index (χ2v) is 5.69. The van der Waals surface area contributed by atoms with Crippen LogP contribution in [0.4, 0.5) is 11.6 Å². The third-order valence-electron chi connectivity index (χ3n) is 3.79. The Kier molecular flexibility index (Phi) is 4.40. The summed E-state index contributed by atoms with van der Waals surface area (Å²) in [6.07, 6.45) is 5.46. The zero-order chi connectivity index (χ0) is 15.4. The van der Waals surface area contributed by atoms with E-state index in [2.05, 4.69) is 26.3 Å². The van der Waals surface area contributed by atoms with Crippen LogP contribution in [0.1, 0.15) is 18.4 Å². The summed E-state index contributed by atoms with van der Waals surface area (Å²) < 4.78 is 0. The van der Waals surface area contributed by atoms with Crippen molar-refractivity contribution in [2.45, 2.75) is 18.9 Å². The number of nitrogens with zero attached hydrogens (tertiary/aromatic N) is 4. The summed E-state index contributed by atoms with van der Waals surface area (Å²) in [4.78, 5) is 10.8. The lowest BCUT2D eigenvalue weighted by Gasteiger charge is -2.33. The highest BCUT2D eigenvalue weighted by atomic mass is 35.5. The summed E-state index contributed by atoms with van der Waals surface area (Å²) in [6.45, 7) is 1.79. The standard InChI is InChI=1S/C16H16ClN5/c17-13-3-2-12(11-18)15(10-13)21-14-4-8-22(9-5-14)16-19-6-1-7-20-16/h1-3,6-7,10,14,21H,4-5,8-9H2. The molecular weight excluding hydrogens is 298 g/mol. The highest BCUT2D eigenvalue weighted by Gasteiger charge is 2.21. The average molecular weight is 314 g/mol. The molecule has 3 rings (SSSR count). The molecule has 0 unspecified atom stereocenters. The highest BCUT2D eigenvalue weighted by molar-refractivity contribution is 6.30. The van der Waals surface area contributed by atoms with Gasteiger partial charge in [-0.25, -0.2) is 9.97 Å². The van der Waals surface area contributed by atoms with Gasteiger partial charge in [0, 0.05) is 36.5 Å². The van der Waals surface area contributed by atoms with Crippen molar-refractivity contribution < 1.29 is 0 Å². The smallest absolute Gasteiger partial charge is 0.225 e. The summed E-state index contributed by atoms with van der Waals surface area (Å²) in [5.41, 5.74) is 1.43. The van der Waals surface area contributed by atoms with Crippen molar-refractivity contribution in [1.29, 1.82) is 5.26 Å². The molecule has 1 fully saturated rings. The molecule has 112 valence electrons. The molecule has 0 aliphatic carbocycles. The van der Waals surface area contributed by atoms with Crippen LogP contribution >= 0.6 is 11.6 Å². The molecule has 6 heteroatoms. The average Bonchev–Trinajstić information content (AvgIpc) is 2.57. The van der Waals surface area contributed by atoms with E-state index in [1.165, 1.54) is 0 Å². The Hall–Kier alpha value is -2.32. The Bertz CT molecular complexity index is 675. The number of hydrogen-bond acceptors (Lipinski definition) is 5. The predicted octanol–water partition coefficient (Wildman–Crippen LogP) is 3.08. The van der Waals surface area contributed by atoms with Gasteiger partial charge in [-0.1, -0.05) is 11.6 Å². The van der Waals surface area contributed by atoms with E-state index >= 15 is 0 Å². The van der Waals surface area contributed by atoms with Gasteiger partial charge in [0.2, 0.25) is 5.95 Å². The molecule has 2 aromatic rings. The zero-order valence-electron chi connectivity index (χ0n) is 12.0. The molecule has 1 aromatic carbocycles. The van der Waals surface area contributed by atoms with Crippen LogP contribution in [0.5, 0.6) is 0 Å². The summed E-state index contributed by atoms with van der Waals surface area (Å²) in [7, 11) is 0. The first kappa shape index (κ1) is 14.6. The first-order valence-corrected chi connectivity index (χ1v) is 7.62. The monoisotopic (exact) mass is 313 g/mol. The molecule has 0 amide bonds. The van der Waals surface area contributed by atoms with Crippen molar-refractivity contribution in [2.24, 2.45) is 0 Å². The third kappa shape index (κ3) is 3.29. The molecule has 1 aromatic heterocycles. The quantitative estimate of drug-likeness (QED) is 0.943. The highest BCUT2D eigenvalue weighted by Crippen LogP contribution is 2.24. The van der Waals surface area contributed by atoms with Crippen molar-refractivity contribution >= 4 is 23.2 Å². The van der Waals surface area contributed by atoms with Gasteiger partial charge in [0.05, 0.1) is 11.3 Å². The molecule has 0 radical (unpaired) electrons. The third-order valence-corrected chi connectivity index (χ3v) is 4.03. The van der Waals surface area contributed by atoms with Crippen LogP contribution in [0.2, 0.25) is 5.02 Å². The number of anilines is 2. The number of piperidine rings is 1. The number of nitriles is 1. The largest absolute Gasteiger partial charge is 0.381 e. The van der Waals surface area contributed by atoms with Crippen LogP contribution in [-0.2, 0) is 0 Å². The number of hydrogen-bond donors (Lipinski definition) is 1. The molecule has 1 N–H and O–H groups in total. The van der Waals surface area contributed by atoms with E-state index in [9.17, 15) is 5.26 Å². The topological polar surface area (TPSA) is 64.8 Å². The predicted molar refractivity (Wildman–Crippen MR) is 87.1 cm³/mol. The minimum absolute atomic E-state index is 0.325. The van der Waals surface area contributed by atoms with Gasteiger partial charge < -0.3 is 10.2 Å². The first-order valence-electron chi connectivity index (χ1n) is 7.24. The van der Waals surface area contributed by atoms with Gasteiger partial charge in [-0.15, -0.1) is 0 Å². The van der Waals surface area contributed by atoms with Gasteiger partial charge in [0.1, 0.15) is 6.07 Å². The van der Waals surface area contributed by atoms with Gasteiger partial charge in [-0.05, 0) is 37.1 Å². The van der Waals surface area contributed by atoms with E-state index in [1.54, 1.807) is 24.5 Å². The van der Waals surface area contributed by atoms with Gasteiger partial charge in [0.25, 0.3) is 0 Å². The van der Waals surface area contributed by atoms with Crippen molar-refractivity contribution in [3.8, 4) is 6.07 Å². The van der Waals surface area contributed by atoms with Crippen molar-refractivity contribution in [3.05, 3.63) is 47.2 Å². The van der Waals surface area contributed by atoms with Gasteiger partial charge in [-0.3, -0.25) is 0 Å². The zero-order valence-corrected chi connectivity index (χ0v) is 12.8. The lowest BCUT2D eigenvalue weighted by Crippen LogP contribution is -2.40. The van der Waals surface area contributed by atoms with Gasteiger partial charge in [0.15, 0.2) is 0 Å². The van der Waals surface area contributed by atoms with Gasteiger partial charge in [-0.2, -0.15) is 5.26 Å². The second-order valence-electron chi connectivity index (χ2n) is 5.26. The molecule has 1 aliphatic rings. The van der Waals surface area contributed by atoms with E-state index in [0.29, 0.717) is 16.6 Å². The molecule has 1 aliphatic heterocycles. The van der Waals surface area contributed by atoms with Crippen LogP contribution < -0.4 is 10.2 Å². The number of aromatic nitrogens is 2. The molecule has 5 nitrogen and oxygen atoms in total. The molecular formula is C16H16ClN5. The van der Waals surface area contributed by atoms with E-state index in [-0.39, 0.29) is 0 Å². The Morgan fingerprint density at radius 3 is 2.64 bits per heavy atom. The van der Waals surface area contributed by atoms with Crippen LogP contribution in [-0.4, -0.2) is 29.1 Å². The number of nitrogens with one attached hydrogen (secondary N) is 1. The van der Waals surface area contributed by atoms with E-state index in [0.717, 1.165) is 37.6 Å². The summed E-state index contributed by atoms with van der Waals surface area (Å²) >= 11 is 6.02. The number of benzene rings is 1. The van der Waals surface area contributed by atoms with Crippen molar-refractivity contribution in [3.63, 3.8) is 0 Å². The molecule has 0 saturated carbocycles. The van der Waals surface area contributed by atoms with Crippen molar-refractivity contribution in [1.82, 2.24) is 9.97 Å². The molecule has 0 spiro atoms. The molecule has 2 heterocycles. The maximum atomic E-state index is 9.17. The summed E-state index contributed by atoms with van der Waals surface area (Å²) in [5.74, 6) is 0.779. The minimum atomic E-state index is 0.325. The molecule has 0 atom stereocenters. The van der Waals surface area contributed by atoms with Gasteiger partial charge >= 0.3 is 0 Å². The number of rotatable bonds is 3. The fourth-order valence-corrected chi connectivity index (χ4v) is 2.80. The Morgan fingerprint density at radius 2 is 1.95 bits per heavy atom. The Labute approximate surface area is 134 Å². The summed E-state index contributed by atoms with van der Waals surface area (Å²) in [5, 5.41) is 13.2. The first-order chi connectivity index (χ1) is 10.8. The Morgan fingerprint density at radius 1 is 1.23 bits per heavy atom. The Balaban J connectivity index is 1.63. The maximum Gasteiger partial charge on any atom is 0.225 e. The molecule has 1 saturated heterocycles. The fourth-order valence-electron chi connectivity index (χ4n) is 2.63. The van der Waals surface area contributed by atoms with E-state index in [1.807, 2.05) is 12.1 Å². The van der Waals surface area contributed by atoms with Crippen LogP contribution in [0.25, 0.3) is 0 Å². The van der Waals surface area contributed by atoms with Crippen molar-refractivity contribution in [2.75, 3.05) is 23.3 Å². The van der Waals surface area contributed by atoms with E-state index < -0.39 is 0 Å².